The maximum atomic E-state index is 13.6. The quantitative estimate of drug-likeness (QED) is 0.766. The van der Waals surface area contributed by atoms with Crippen molar-refractivity contribution in [3.05, 3.63) is 0 Å². The second kappa shape index (κ2) is 7.02. The van der Waals surface area contributed by atoms with Crippen LogP contribution in [-0.4, -0.2) is 28.4 Å². The second-order valence-electron chi connectivity index (χ2n) is 10.9. The van der Waals surface area contributed by atoms with Crippen LogP contribution in [0.5, 0.6) is 0 Å². The van der Waals surface area contributed by atoms with Crippen LogP contribution in [0.4, 0.5) is 0 Å². The number of carbonyl (C=O) groups excluding carboxylic acids is 3. The van der Waals surface area contributed by atoms with Crippen molar-refractivity contribution in [1.29, 1.82) is 0 Å². The van der Waals surface area contributed by atoms with Gasteiger partial charge in [-0.05, 0) is 60.7 Å². The average molecular weight is 403 g/mol. The number of carboxylic acid groups (broad SMARTS) is 1. The van der Waals surface area contributed by atoms with Crippen LogP contribution in [0.15, 0.2) is 0 Å². The van der Waals surface area contributed by atoms with Crippen LogP contribution >= 0.6 is 0 Å². The van der Waals surface area contributed by atoms with E-state index < -0.39 is 11.4 Å². The van der Waals surface area contributed by atoms with Crippen LogP contribution in [-0.2, 0) is 19.2 Å². The van der Waals surface area contributed by atoms with Crippen LogP contribution in [0.25, 0.3) is 0 Å². The number of hydrogen-bond acceptors (Lipinski definition) is 4. The highest BCUT2D eigenvalue weighted by Crippen LogP contribution is 2.66. The normalized spacial score (nSPS) is 45.3. The number of rotatable bonds is 4. The van der Waals surface area contributed by atoms with Crippen LogP contribution < -0.4 is 0 Å². The zero-order valence-electron chi connectivity index (χ0n) is 17.9. The summed E-state index contributed by atoms with van der Waals surface area (Å²) in [6.45, 7) is 6.37. The summed E-state index contributed by atoms with van der Waals surface area (Å²) < 4.78 is 0. The Hall–Kier alpha value is -1.52. The zero-order chi connectivity index (χ0) is 21.1. The Morgan fingerprint density at radius 2 is 1.83 bits per heavy atom. The number of aliphatic carboxylic acids is 1. The topological polar surface area (TPSA) is 88.5 Å². The molecule has 0 radical (unpaired) electrons. The van der Waals surface area contributed by atoms with Crippen molar-refractivity contribution in [3.8, 4) is 0 Å². The van der Waals surface area contributed by atoms with E-state index in [9.17, 15) is 19.2 Å². The van der Waals surface area contributed by atoms with Crippen LogP contribution in [0.2, 0.25) is 0 Å². The van der Waals surface area contributed by atoms with Gasteiger partial charge in [-0.25, -0.2) is 0 Å². The highest BCUT2D eigenvalue weighted by molar-refractivity contribution is 5.93. The van der Waals surface area contributed by atoms with Crippen molar-refractivity contribution >= 4 is 23.3 Å². The summed E-state index contributed by atoms with van der Waals surface area (Å²) in [7, 11) is 0. The monoisotopic (exact) mass is 402 g/mol. The Kier molecular flexibility index (Phi) is 5.02. The van der Waals surface area contributed by atoms with E-state index >= 15 is 0 Å². The lowest BCUT2D eigenvalue weighted by Crippen LogP contribution is -2.60. The molecule has 4 fully saturated rings. The molecule has 4 aliphatic carbocycles. The molecule has 0 spiro atoms. The van der Waals surface area contributed by atoms with Crippen molar-refractivity contribution < 1.29 is 24.3 Å². The van der Waals surface area contributed by atoms with Crippen LogP contribution in [0.3, 0.4) is 0 Å². The minimum atomic E-state index is -0.792. The molecule has 8 atom stereocenters. The van der Waals surface area contributed by atoms with E-state index in [4.69, 9.17) is 5.11 Å². The molecule has 0 aromatic carbocycles. The fourth-order valence-electron chi connectivity index (χ4n) is 7.94. The molecule has 0 aliphatic heterocycles. The molecule has 0 heterocycles. The molecule has 5 nitrogen and oxygen atoms in total. The average Bonchev–Trinajstić information content (AvgIpc) is 3.01. The lowest BCUT2D eigenvalue weighted by molar-refractivity contribution is -0.166. The molecule has 0 aromatic rings. The fourth-order valence-corrected chi connectivity index (χ4v) is 7.94. The van der Waals surface area contributed by atoms with Crippen molar-refractivity contribution in [2.75, 3.05) is 0 Å². The first-order valence-corrected chi connectivity index (χ1v) is 11.4. The number of fused-ring (bicyclic) bond motifs is 5. The molecule has 160 valence electrons. The first kappa shape index (κ1) is 20.7. The highest BCUT2D eigenvalue weighted by atomic mass is 16.4. The molecule has 4 aliphatic rings. The predicted octanol–water partition coefficient (Wildman–Crippen LogP) is 4.07. The molecule has 4 rings (SSSR count). The van der Waals surface area contributed by atoms with Gasteiger partial charge in [0.1, 0.15) is 17.3 Å². The number of ketones is 3. The molecule has 4 saturated carbocycles. The molecule has 1 N–H and O–H groups in total. The summed E-state index contributed by atoms with van der Waals surface area (Å²) in [4.78, 5) is 50.0. The van der Waals surface area contributed by atoms with Gasteiger partial charge in [0.15, 0.2) is 0 Å². The van der Waals surface area contributed by atoms with Gasteiger partial charge in [0.05, 0.1) is 0 Å². The summed E-state index contributed by atoms with van der Waals surface area (Å²) in [5.74, 6) is 0.524. The van der Waals surface area contributed by atoms with Gasteiger partial charge in [0, 0.05) is 43.4 Å². The van der Waals surface area contributed by atoms with Gasteiger partial charge in [0.25, 0.3) is 0 Å². The van der Waals surface area contributed by atoms with E-state index in [1.807, 2.05) is 0 Å². The SMILES string of the molecule is CC(CCC(=O)O)[C@H]1CC[C@H]2[C@@H]3C(=O)C[C@@H]4CC(=O)CC[C@]4(C)[C@H]3CC(=O)[C@]12C. The van der Waals surface area contributed by atoms with Gasteiger partial charge in [-0.15, -0.1) is 0 Å². The third-order valence-electron chi connectivity index (χ3n) is 9.72. The summed E-state index contributed by atoms with van der Waals surface area (Å²) in [6, 6.07) is 0. The van der Waals surface area contributed by atoms with Crippen LogP contribution in [0, 0.1) is 46.3 Å². The van der Waals surface area contributed by atoms with Crippen molar-refractivity contribution in [3.63, 3.8) is 0 Å². The number of hydrogen-bond donors (Lipinski definition) is 1. The fraction of sp³-hybridized carbons (Fsp3) is 0.833. The Morgan fingerprint density at radius 3 is 2.52 bits per heavy atom. The molecule has 0 amide bonds. The molecule has 1 unspecified atom stereocenters. The Morgan fingerprint density at radius 1 is 1.10 bits per heavy atom. The summed E-state index contributed by atoms with van der Waals surface area (Å²) in [6.07, 6.45) is 5.33. The number of carbonyl (C=O) groups is 4. The molecule has 0 saturated heterocycles. The van der Waals surface area contributed by atoms with Crippen molar-refractivity contribution in [2.24, 2.45) is 46.3 Å². The van der Waals surface area contributed by atoms with Crippen LogP contribution in [0.1, 0.15) is 78.6 Å². The van der Waals surface area contributed by atoms with Crippen molar-refractivity contribution in [2.45, 2.75) is 78.6 Å². The largest absolute Gasteiger partial charge is 0.481 e. The Labute approximate surface area is 173 Å². The molecule has 5 heteroatoms. The molecular formula is C24H34O5. The summed E-state index contributed by atoms with van der Waals surface area (Å²) >= 11 is 0. The first-order valence-electron chi connectivity index (χ1n) is 11.4. The number of Topliss-reactive ketones (excluding diaryl/α,β-unsaturated/α-hetero) is 3. The molecular weight excluding hydrogens is 368 g/mol. The predicted molar refractivity (Wildman–Crippen MR) is 107 cm³/mol. The summed E-state index contributed by atoms with van der Waals surface area (Å²) in [5, 5.41) is 9.06. The lowest BCUT2D eigenvalue weighted by atomic mass is 9.44. The van der Waals surface area contributed by atoms with Crippen molar-refractivity contribution in [1.82, 2.24) is 0 Å². The third kappa shape index (κ3) is 3.02. The van der Waals surface area contributed by atoms with Gasteiger partial charge in [-0.2, -0.15) is 0 Å². The lowest BCUT2D eigenvalue weighted by Gasteiger charge is -2.58. The minimum Gasteiger partial charge on any atom is -0.481 e. The minimum absolute atomic E-state index is 0.0659. The van der Waals surface area contributed by atoms with E-state index in [1.54, 1.807) is 0 Å². The van der Waals surface area contributed by atoms with E-state index in [0.717, 1.165) is 19.3 Å². The smallest absolute Gasteiger partial charge is 0.303 e. The first-order chi connectivity index (χ1) is 13.6. The van der Waals surface area contributed by atoms with Gasteiger partial charge in [-0.1, -0.05) is 20.8 Å². The van der Waals surface area contributed by atoms with Gasteiger partial charge >= 0.3 is 5.97 Å². The second-order valence-corrected chi connectivity index (χ2v) is 10.9. The van der Waals surface area contributed by atoms with E-state index in [2.05, 4.69) is 20.8 Å². The van der Waals surface area contributed by atoms with Gasteiger partial charge in [0.2, 0.25) is 0 Å². The molecule has 0 aromatic heterocycles. The highest BCUT2D eigenvalue weighted by Gasteiger charge is 2.66. The molecule has 29 heavy (non-hydrogen) atoms. The van der Waals surface area contributed by atoms with E-state index in [0.29, 0.717) is 32.1 Å². The Bertz CT molecular complexity index is 756. The standard InChI is InChI=1S/C24H34O5/c1-13(4-7-21(28)29)16-5-6-17-22-18(12-20(27)24(16,17)3)23(2)9-8-15(25)10-14(23)11-19(22)26/h13-14,16-18,22H,4-12H2,1-3H3,(H,28,29)/t13?,14-,16+,17-,18-,22-,23-,24+/m0/s1. The zero-order valence-corrected chi connectivity index (χ0v) is 17.9. The maximum Gasteiger partial charge on any atom is 0.303 e. The maximum absolute atomic E-state index is 13.6. The third-order valence-corrected chi connectivity index (χ3v) is 9.72. The van der Waals surface area contributed by atoms with E-state index in [1.165, 1.54) is 0 Å². The summed E-state index contributed by atoms with van der Waals surface area (Å²) in [5.41, 5.74) is -0.598. The van der Waals surface area contributed by atoms with Gasteiger partial charge in [-0.3, -0.25) is 19.2 Å². The Balaban J connectivity index is 1.63. The van der Waals surface area contributed by atoms with Gasteiger partial charge < -0.3 is 5.11 Å². The molecule has 0 bridgehead atoms. The number of carboxylic acids is 1. The van der Waals surface area contributed by atoms with E-state index in [-0.39, 0.29) is 64.7 Å².